The third-order valence-corrected chi connectivity index (χ3v) is 3.66. The monoisotopic (exact) mass is 309 g/mol. The lowest BCUT2D eigenvalue weighted by Gasteiger charge is -2.21. The number of nitrogens with two attached hydrogens (primary N) is 1. The minimum Gasteiger partial charge on any atom is -0.490 e. The molecule has 22 heavy (non-hydrogen) atoms. The standard InChI is InChI=1S/C18H31NO3/c1-5-9-21-17-8-7-15(12-18(17)22-10-6-2)13(3)11-16(20)14(4)19/h7-8,12-14,16,20H,5-6,9-11,19H2,1-4H3. The van der Waals surface area contributed by atoms with Crippen molar-refractivity contribution in [2.24, 2.45) is 5.73 Å². The summed E-state index contributed by atoms with van der Waals surface area (Å²) in [7, 11) is 0. The van der Waals surface area contributed by atoms with Gasteiger partial charge in [0.2, 0.25) is 0 Å². The average Bonchev–Trinajstić information content (AvgIpc) is 2.50. The highest BCUT2D eigenvalue weighted by molar-refractivity contribution is 5.44. The molecule has 4 heteroatoms. The molecule has 0 saturated heterocycles. The second-order valence-corrected chi connectivity index (χ2v) is 5.97. The molecule has 0 fully saturated rings. The van der Waals surface area contributed by atoms with E-state index >= 15 is 0 Å². The van der Waals surface area contributed by atoms with E-state index in [9.17, 15) is 5.11 Å². The summed E-state index contributed by atoms with van der Waals surface area (Å²) in [6.45, 7) is 9.44. The van der Waals surface area contributed by atoms with Crippen LogP contribution in [0.1, 0.15) is 58.4 Å². The molecule has 0 saturated carbocycles. The van der Waals surface area contributed by atoms with E-state index in [2.05, 4.69) is 20.8 Å². The van der Waals surface area contributed by atoms with Crippen LogP contribution in [-0.2, 0) is 0 Å². The van der Waals surface area contributed by atoms with Gasteiger partial charge in [-0.15, -0.1) is 0 Å². The molecule has 126 valence electrons. The zero-order valence-electron chi connectivity index (χ0n) is 14.3. The van der Waals surface area contributed by atoms with Crippen LogP contribution in [0.2, 0.25) is 0 Å². The maximum atomic E-state index is 9.96. The summed E-state index contributed by atoms with van der Waals surface area (Å²) in [6, 6.07) is 5.82. The van der Waals surface area contributed by atoms with Gasteiger partial charge in [-0.25, -0.2) is 0 Å². The molecule has 3 unspecified atom stereocenters. The molecule has 0 aliphatic heterocycles. The van der Waals surface area contributed by atoms with Crippen molar-refractivity contribution in [2.45, 2.75) is 65.0 Å². The van der Waals surface area contributed by atoms with Crippen LogP contribution in [0.25, 0.3) is 0 Å². The van der Waals surface area contributed by atoms with Gasteiger partial charge in [0, 0.05) is 6.04 Å². The van der Waals surface area contributed by atoms with E-state index in [1.807, 2.05) is 25.1 Å². The van der Waals surface area contributed by atoms with E-state index in [1.165, 1.54) is 0 Å². The van der Waals surface area contributed by atoms with Crippen molar-refractivity contribution >= 4 is 0 Å². The largest absolute Gasteiger partial charge is 0.490 e. The van der Waals surface area contributed by atoms with Crippen molar-refractivity contribution in [3.05, 3.63) is 23.8 Å². The van der Waals surface area contributed by atoms with Gasteiger partial charge in [0.25, 0.3) is 0 Å². The predicted octanol–water partition coefficient (Wildman–Crippen LogP) is 3.47. The van der Waals surface area contributed by atoms with Crippen molar-refractivity contribution < 1.29 is 14.6 Å². The fourth-order valence-corrected chi connectivity index (χ4v) is 2.20. The molecule has 1 rings (SSSR count). The smallest absolute Gasteiger partial charge is 0.161 e. The Morgan fingerprint density at radius 3 is 2.18 bits per heavy atom. The summed E-state index contributed by atoms with van der Waals surface area (Å²) in [6.07, 6.45) is 2.06. The van der Waals surface area contributed by atoms with Gasteiger partial charge in [0.05, 0.1) is 19.3 Å². The highest BCUT2D eigenvalue weighted by Crippen LogP contribution is 2.33. The first kappa shape index (κ1) is 18.8. The Hall–Kier alpha value is -1.26. The zero-order valence-corrected chi connectivity index (χ0v) is 14.3. The molecule has 3 N–H and O–H groups in total. The van der Waals surface area contributed by atoms with Crippen LogP contribution < -0.4 is 15.2 Å². The molecule has 0 amide bonds. The van der Waals surface area contributed by atoms with Gasteiger partial charge >= 0.3 is 0 Å². The van der Waals surface area contributed by atoms with Gasteiger partial charge in [-0.1, -0.05) is 26.8 Å². The Bertz CT molecular complexity index is 434. The third kappa shape index (κ3) is 5.85. The fraction of sp³-hybridized carbons (Fsp3) is 0.667. The predicted molar refractivity (Wildman–Crippen MR) is 90.7 cm³/mol. The van der Waals surface area contributed by atoms with E-state index in [4.69, 9.17) is 15.2 Å². The van der Waals surface area contributed by atoms with Crippen LogP contribution in [0, 0.1) is 0 Å². The number of hydrogen-bond donors (Lipinski definition) is 2. The Morgan fingerprint density at radius 1 is 1.05 bits per heavy atom. The van der Waals surface area contributed by atoms with Crippen LogP contribution >= 0.6 is 0 Å². The summed E-state index contributed by atoms with van der Waals surface area (Å²) in [4.78, 5) is 0. The molecule has 0 spiro atoms. The first-order valence-electron chi connectivity index (χ1n) is 8.32. The van der Waals surface area contributed by atoms with Crippen molar-refractivity contribution in [2.75, 3.05) is 13.2 Å². The van der Waals surface area contributed by atoms with Gasteiger partial charge < -0.3 is 20.3 Å². The number of ether oxygens (including phenoxy) is 2. The lowest BCUT2D eigenvalue weighted by molar-refractivity contribution is 0.134. The Morgan fingerprint density at radius 2 is 1.64 bits per heavy atom. The van der Waals surface area contributed by atoms with Crippen molar-refractivity contribution in [1.29, 1.82) is 0 Å². The summed E-state index contributed by atoms with van der Waals surface area (Å²) < 4.78 is 11.6. The average molecular weight is 309 g/mol. The maximum Gasteiger partial charge on any atom is 0.161 e. The number of aliphatic hydroxyl groups excluding tert-OH is 1. The van der Waals surface area contributed by atoms with Crippen LogP contribution in [0.4, 0.5) is 0 Å². The normalized spacial score (nSPS) is 15.2. The van der Waals surface area contributed by atoms with Gasteiger partial charge in [-0.3, -0.25) is 0 Å². The summed E-state index contributed by atoms with van der Waals surface area (Å²) in [5.74, 6) is 1.79. The number of benzene rings is 1. The van der Waals surface area contributed by atoms with Gasteiger partial charge in [0.15, 0.2) is 11.5 Å². The topological polar surface area (TPSA) is 64.7 Å². The first-order valence-corrected chi connectivity index (χ1v) is 8.32. The molecule has 1 aromatic rings. The van der Waals surface area contributed by atoms with Crippen molar-refractivity contribution in [3.8, 4) is 11.5 Å². The highest BCUT2D eigenvalue weighted by atomic mass is 16.5. The van der Waals surface area contributed by atoms with E-state index < -0.39 is 6.10 Å². The molecule has 0 heterocycles. The molecule has 0 aliphatic carbocycles. The zero-order chi connectivity index (χ0) is 16.5. The third-order valence-electron chi connectivity index (χ3n) is 3.66. The highest BCUT2D eigenvalue weighted by Gasteiger charge is 2.17. The van der Waals surface area contributed by atoms with Gasteiger partial charge in [-0.2, -0.15) is 0 Å². The Balaban J connectivity index is 2.86. The van der Waals surface area contributed by atoms with E-state index in [0.717, 1.165) is 29.9 Å². The number of hydrogen-bond acceptors (Lipinski definition) is 4. The molecule has 0 aliphatic rings. The minimum absolute atomic E-state index is 0.213. The van der Waals surface area contributed by atoms with Gasteiger partial charge in [-0.05, 0) is 49.8 Å². The molecular formula is C18H31NO3. The SMILES string of the molecule is CCCOc1ccc(C(C)CC(O)C(C)N)cc1OCCC. The number of rotatable bonds is 10. The van der Waals surface area contributed by atoms with E-state index in [1.54, 1.807) is 0 Å². The number of aliphatic hydroxyl groups is 1. The van der Waals surface area contributed by atoms with E-state index in [0.29, 0.717) is 19.6 Å². The molecule has 3 atom stereocenters. The Kier molecular flexibility index (Phi) is 8.28. The molecule has 0 radical (unpaired) electrons. The molecular weight excluding hydrogens is 278 g/mol. The van der Waals surface area contributed by atoms with Crippen molar-refractivity contribution in [1.82, 2.24) is 0 Å². The van der Waals surface area contributed by atoms with Crippen LogP contribution in [0.3, 0.4) is 0 Å². The summed E-state index contributed by atoms with van der Waals surface area (Å²) in [5.41, 5.74) is 6.88. The maximum absolute atomic E-state index is 9.96. The van der Waals surface area contributed by atoms with Gasteiger partial charge in [0.1, 0.15) is 0 Å². The molecule has 1 aromatic carbocycles. The summed E-state index contributed by atoms with van der Waals surface area (Å²) >= 11 is 0. The van der Waals surface area contributed by atoms with Crippen LogP contribution in [-0.4, -0.2) is 30.5 Å². The molecule has 0 bridgehead atoms. The van der Waals surface area contributed by atoms with E-state index in [-0.39, 0.29) is 12.0 Å². The molecule has 4 nitrogen and oxygen atoms in total. The Labute approximate surface area is 134 Å². The minimum atomic E-state index is -0.494. The lowest BCUT2D eigenvalue weighted by atomic mass is 9.92. The van der Waals surface area contributed by atoms with Crippen LogP contribution in [0.15, 0.2) is 18.2 Å². The van der Waals surface area contributed by atoms with Crippen molar-refractivity contribution in [3.63, 3.8) is 0 Å². The summed E-state index contributed by atoms with van der Waals surface area (Å²) in [5, 5.41) is 9.96. The van der Waals surface area contributed by atoms with Crippen LogP contribution in [0.5, 0.6) is 11.5 Å². The fourth-order valence-electron chi connectivity index (χ4n) is 2.20. The lowest BCUT2D eigenvalue weighted by Crippen LogP contribution is -2.32. The second kappa shape index (κ2) is 9.70. The molecule has 0 aromatic heterocycles. The second-order valence-electron chi connectivity index (χ2n) is 5.97. The quantitative estimate of drug-likeness (QED) is 0.694. The first-order chi connectivity index (χ1) is 10.5.